The van der Waals surface area contributed by atoms with E-state index in [2.05, 4.69) is 27.1 Å². The van der Waals surface area contributed by atoms with Gasteiger partial charge in [-0.05, 0) is 71.0 Å². The van der Waals surface area contributed by atoms with E-state index < -0.39 is 5.60 Å². The van der Waals surface area contributed by atoms with Gasteiger partial charge in [0.15, 0.2) is 6.73 Å². The molecule has 0 spiro atoms. The van der Waals surface area contributed by atoms with Crippen LogP contribution in [0.3, 0.4) is 0 Å². The Labute approximate surface area is 249 Å². The van der Waals surface area contributed by atoms with Gasteiger partial charge < -0.3 is 24.6 Å². The monoisotopic (exact) mass is 598 g/mol. The van der Waals surface area contributed by atoms with Gasteiger partial charge in [0.2, 0.25) is 11.8 Å². The number of fused-ring (bicyclic) bond motifs is 1. The number of ether oxygens (including phenoxy) is 2. The normalized spacial score (nSPS) is 19.0. The number of carbonyl (C=O) groups is 2. The first kappa shape index (κ1) is 28.8. The van der Waals surface area contributed by atoms with Gasteiger partial charge in [0.05, 0.1) is 15.7 Å². The first-order valence-electron chi connectivity index (χ1n) is 13.3. The Balaban J connectivity index is 1.25. The number of halogens is 2. The molecule has 0 bridgehead atoms. The van der Waals surface area contributed by atoms with Crippen molar-refractivity contribution in [2.45, 2.75) is 52.3 Å². The van der Waals surface area contributed by atoms with Gasteiger partial charge in [-0.1, -0.05) is 29.3 Å². The fourth-order valence-corrected chi connectivity index (χ4v) is 5.45. The fourth-order valence-electron chi connectivity index (χ4n) is 4.85. The third kappa shape index (κ3) is 6.13. The van der Waals surface area contributed by atoms with E-state index in [0.717, 1.165) is 11.4 Å². The van der Waals surface area contributed by atoms with Crippen molar-refractivity contribution in [3.05, 3.63) is 64.3 Å². The zero-order valence-electron chi connectivity index (χ0n) is 23.5. The highest BCUT2D eigenvalue weighted by molar-refractivity contribution is 6.40. The maximum absolute atomic E-state index is 13.1. The van der Waals surface area contributed by atoms with Crippen LogP contribution in [-0.4, -0.2) is 64.4 Å². The van der Waals surface area contributed by atoms with Crippen molar-refractivity contribution >= 4 is 58.2 Å². The van der Waals surface area contributed by atoms with E-state index in [-0.39, 0.29) is 42.3 Å². The zero-order valence-corrected chi connectivity index (χ0v) is 25.0. The molecule has 0 unspecified atom stereocenters. The second kappa shape index (κ2) is 11.3. The quantitative estimate of drug-likeness (QED) is 0.370. The Hall–Kier alpha value is -3.76. The van der Waals surface area contributed by atoms with Gasteiger partial charge in [-0.3, -0.25) is 9.69 Å². The number of piperazine rings is 1. The molecule has 2 atom stereocenters. The molecule has 5 rings (SSSR count). The highest BCUT2D eigenvalue weighted by atomic mass is 35.5. The number of aromatic nitrogens is 2. The molecule has 0 saturated carbocycles. The molecule has 216 valence electrons. The van der Waals surface area contributed by atoms with Gasteiger partial charge in [0.1, 0.15) is 11.2 Å². The van der Waals surface area contributed by atoms with Crippen LogP contribution in [0.15, 0.2) is 48.7 Å². The standard InChI is InChI=1S/C29H32Cl2N6O4/c1-17-15-36(28(39)41-29(3,4)5)18(2)14-35(17)20-11-9-19(10-12-20)33-27-32-13-21-25(34-27)40-16-37(26(21)38)24-22(30)7-6-8-23(24)31/h6-13,17-18H,14-16H2,1-5H3,(H,32,33,34)/t17-,18+/m1/s1. The van der Waals surface area contributed by atoms with Gasteiger partial charge >= 0.3 is 6.09 Å². The summed E-state index contributed by atoms with van der Waals surface area (Å²) in [6, 6.07) is 13.0. The first-order valence-corrected chi connectivity index (χ1v) is 14.1. The van der Waals surface area contributed by atoms with Gasteiger partial charge in [-0.2, -0.15) is 4.98 Å². The fraction of sp³-hybridized carbons (Fsp3) is 0.379. The van der Waals surface area contributed by atoms with Crippen molar-refractivity contribution in [1.82, 2.24) is 14.9 Å². The highest BCUT2D eigenvalue weighted by Crippen LogP contribution is 2.37. The van der Waals surface area contributed by atoms with Crippen LogP contribution in [0.4, 0.5) is 27.8 Å². The minimum atomic E-state index is -0.533. The second-order valence-electron chi connectivity index (χ2n) is 11.1. The van der Waals surface area contributed by atoms with E-state index in [4.69, 9.17) is 32.7 Å². The molecule has 12 heteroatoms. The molecule has 1 fully saturated rings. The van der Waals surface area contributed by atoms with E-state index in [1.807, 2.05) is 52.0 Å². The Bertz CT molecular complexity index is 1440. The zero-order chi connectivity index (χ0) is 29.5. The molecule has 2 aliphatic heterocycles. The number of nitrogens with zero attached hydrogens (tertiary/aromatic N) is 5. The number of hydrogen-bond acceptors (Lipinski definition) is 8. The summed E-state index contributed by atoms with van der Waals surface area (Å²) in [5.74, 6) is 0.114. The summed E-state index contributed by atoms with van der Waals surface area (Å²) < 4.78 is 11.4. The van der Waals surface area contributed by atoms with Gasteiger partial charge in [-0.15, -0.1) is 0 Å². The predicted molar refractivity (Wildman–Crippen MR) is 160 cm³/mol. The number of hydrogen-bond donors (Lipinski definition) is 1. The molecule has 41 heavy (non-hydrogen) atoms. The molecule has 2 aromatic carbocycles. The van der Waals surface area contributed by atoms with Crippen molar-refractivity contribution in [3.8, 4) is 5.88 Å². The maximum atomic E-state index is 13.1. The number of rotatable bonds is 4. The lowest BCUT2D eigenvalue weighted by Gasteiger charge is -2.45. The van der Waals surface area contributed by atoms with Crippen LogP contribution >= 0.6 is 23.2 Å². The lowest BCUT2D eigenvalue weighted by atomic mass is 10.1. The Morgan fingerprint density at radius 3 is 2.39 bits per heavy atom. The minimum Gasteiger partial charge on any atom is -0.455 e. The molecule has 0 aliphatic carbocycles. The van der Waals surface area contributed by atoms with E-state index in [1.165, 1.54) is 11.1 Å². The SMILES string of the molecule is C[C@@H]1CN(C(=O)OC(C)(C)C)[C@@H](C)CN1c1ccc(Nc2ncc3c(n2)OCN(c2c(Cl)cccc2Cl)C3=O)cc1. The summed E-state index contributed by atoms with van der Waals surface area (Å²) in [4.78, 5) is 40.0. The lowest BCUT2D eigenvalue weighted by Crippen LogP contribution is -2.59. The van der Waals surface area contributed by atoms with E-state index in [9.17, 15) is 9.59 Å². The summed E-state index contributed by atoms with van der Waals surface area (Å²) >= 11 is 12.6. The van der Waals surface area contributed by atoms with Crippen molar-refractivity contribution in [3.63, 3.8) is 0 Å². The summed E-state index contributed by atoms with van der Waals surface area (Å²) in [5.41, 5.74) is 1.87. The highest BCUT2D eigenvalue weighted by Gasteiger charge is 2.35. The maximum Gasteiger partial charge on any atom is 0.410 e. The number of nitrogens with one attached hydrogen (secondary N) is 1. The molecule has 1 aromatic heterocycles. The average molecular weight is 600 g/mol. The molecule has 1 saturated heterocycles. The molecular weight excluding hydrogens is 567 g/mol. The van der Waals surface area contributed by atoms with Crippen LogP contribution in [0.1, 0.15) is 45.0 Å². The number of benzene rings is 2. The number of amides is 2. The van der Waals surface area contributed by atoms with E-state index >= 15 is 0 Å². The molecule has 3 heterocycles. The largest absolute Gasteiger partial charge is 0.455 e. The van der Waals surface area contributed by atoms with Crippen LogP contribution in [0, 0.1) is 0 Å². The second-order valence-corrected chi connectivity index (χ2v) is 12.0. The van der Waals surface area contributed by atoms with E-state index in [0.29, 0.717) is 34.8 Å². The van der Waals surface area contributed by atoms with Crippen LogP contribution in [0.2, 0.25) is 10.0 Å². The smallest absolute Gasteiger partial charge is 0.410 e. The molecule has 10 nitrogen and oxygen atoms in total. The predicted octanol–water partition coefficient (Wildman–Crippen LogP) is 6.36. The van der Waals surface area contributed by atoms with Crippen molar-refractivity contribution in [1.29, 1.82) is 0 Å². The van der Waals surface area contributed by atoms with Crippen LogP contribution in [-0.2, 0) is 4.74 Å². The Kier molecular flexibility index (Phi) is 7.89. The Morgan fingerprint density at radius 2 is 1.73 bits per heavy atom. The molecule has 2 aliphatic rings. The number of anilines is 4. The lowest BCUT2D eigenvalue weighted by molar-refractivity contribution is 0.0130. The van der Waals surface area contributed by atoms with Crippen LogP contribution in [0.25, 0.3) is 0 Å². The van der Waals surface area contributed by atoms with Gasteiger partial charge in [-0.25, -0.2) is 9.78 Å². The topological polar surface area (TPSA) is 100 Å². The summed E-state index contributed by atoms with van der Waals surface area (Å²) in [6.07, 6.45) is 1.14. The summed E-state index contributed by atoms with van der Waals surface area (Å²) in [5, 5.41) is 3.85. The minimum absolute atomic E-state index is 0.00433. The molecule has 2 amide bonds. The average Bonchev–Trinajstić information content (AvgIpc) is 2.90. The van der Waals surface area contributed by atoms with Crippen LogP contribution in [0.5, 0.6) is 5.88 Å². The van der Waals surface area contributed by atoms with Crippen molar-refractivity contribution in [2.75, 3.05) is 34.9 Å². The third-order valence-corrected chi connectivity index (χ3v) is 7.45. The van der Waals surface area contributed by atoms with Gasteiger partial charge in [0.25, 0.3) is 5.91 Å². The molecule has 1 N–H and O–H groups in total. The molecular formula is C29H32Cl2N6O4. The summed E-state index contributed by atoms with van der Waals surface area (Å²) in [6.45, 7) is 10.9. The number of carbonyl (C=O) groups excluding carboxylic acids is 2. The first-order chi connectivity index (χ1) is 19.4. The number of para-hydroxylation sites is 1. The van der Waals surface area contributed by atoms with Crippen molar-refractivity contribution in [2.24, 2.45) is 0 Å². The Morgan fingerprint density at radius 1 is 1.05 bits per heavy atom. The van der Waals surface area contributed by atoms with Gasteiger partial charge in [0, 0.05) is 42.7 Å². The van der Waals surface area contributed by atoms with Crippen LogP contribution < -0.4 is 19.9 Å². The molecule has 0 radical (unpaired) electrons. The van der Waals surface area contributed by atoms with E-state index in [1.54, 1.807) is 23.1 Å². The molecule has 3 aromatic rings. The third-order valence-electron chi connectivity index (χ3n) is 6.84. The summed E-state index contributed by atoms with van der Waals surface area (Å²) in [7, 11) is 0. The van der Waals surface area contributed by atoms with Crippen molar-refractivity contribution < 1.29 is 19.1 Å².